The van der Waals surface area contributed by atoms with Crippen molar-refractivity contribution in [2.75, 3.05) is 0 Å². The van der Waals surface area contributed by atoms with Gasteiger partial charge in [0.05, 0.1) is 11.8 Å². The SMILES string of the molecule is CC(C)(C#N)NC(=O)Cn1nc(-c2ccc(OC(F)F)nc2)ccc1=O. The second-order valence-corrected chi connectivity index (χ2v) is 5.76. The summed E-state index contributed by atoms with van der Waals surface area (Å²) in [4.78, 5) is 27.6. The summed E-state index contributed by atoms with van der Waals surface area (Å²) >= 11 is 0. The largest absolute Gasteiger partial charge is 0.417 e. The molecule has 0 aliphatic rings. The zero-order valence-electron chi connectivity index (χ0n) is 13.9. The number of pyridine rings is 1. The first-order valence-corrected chi connectivity index (χ1v) is 7.42. The minimum Gasteiger partial charge on any atom is -0.417 e. The number of rotatable bonds is 6. The molecule has 0 atom stereocenters. The molecule has 0 aliphatic heterocycles. The Morgan fingerprint density at radius 2 is 2.12 bits per heavy atom. The van der Waals surface area contributed by atoms with Gasteiger partial charge in [-0.3, -0.25) is 9.59 Å². The van der Waals surface area contributed by atoms with Gasteiger partial charge >= 0.3 is 6.61 Å². The normalized spacial score (nSPS) is 11.1. The van der Waals surface area contributed by atoms with Crippen molar-refractivity contribution in [3.8, 4) is 23.2 Å². The third kappa shape index (κ3) is 5.07. The monoisotopic (exact) mass is 363 g/mol. The zero-order valence-corrected chi connectivity index (χ0v) is 13.9. The Bertz CT molecular complexity index is 888. The highest BCUT2D eigenvalue weighted by Gasteiger charge is 2.20. The van der Waals surface area contributed by atoms with E-state index in [0.29, 0.717) is 11.3 Å². The molecule has 0 saturated carbocycles. The molecule has 0 bridgehead atoms. The van der Waals surface area contributed by atoms with Crippen molar-refractivity contribution >= 4 is 5.91 Å². The van der Waals surface area contributed by atoms with Gasteiger partial charge in [0, 0.05) is 23.9 Å². The minimum atomic E-state index is -2.98. The van der Waals surface area contributed by atoms with E-state index < -0.39 is 23.6 Å². The Morgan fingerprint density at radius 1 is 1.38 bits per heavy atom. The maximum absolute atomic E-state index is 12.1. The summed E-state index contributed by atoms with van der Waals surface area (Å²) in [5, 5.41) is 15.4. The Labute approximate surface area is 147 Å². The summed E-state index contributed by atoms with van der Waals surface area (Å²) in [5.74, 6) is -0.808. The van der Waals surface area contributed by atoms with Crippen molar-refractivity contribution in [1.29, 1.82) is 5.26 Å². The smallest absolute Gasteiger partial charge is 0.388 e. The number of hydrogen-bond donors (Lipinski definition) is 1. The number of carbonyl (C=O) groups excluding carboxylic acids is 1. The van der Waals surface area contributed by atoms with Crippen molar-refractivity contribution < 1.29 is 18.3 Å². The third-order valence-corrected chi connectivity index (χ3v) is 3.13. The lowest BCUT2D eigenvalue weighted by Crippen LogP contribution is -2.45. The molecule has 0 fully saturated rings. The quantitative estimate of drug-likeness (QED) is 0.829. The van der Waals surface area contributed by atoms with E-state index in [2.05, 4.69) is 20.1 Å². The van der Waals surface area contributed by atoms with E-state index in [1.54, 1.807) is 0 Å². The maximum atomic E-state index is 12.1. The molecule has 2 heterocycles. The fourth-order valence-corrected chi connectivity index (χ4v) is 1.96. The predicted molar refractivity (Wildman–Crippen MR) is 86.2 cm³/mol. The summed E-state index contributed by atoms with van der Waals surface area (Å²) in [6.45, 7) is -0.319. The van der Waals surface area contributed by atoms with Crippen LogP contribution < -0.4 is 15.6 Å². The van der Waals surface area contributed by atoms with Crippen LogP contribution in [0.1, 0.15) is 13.8 Å². The first kappa shape index (κ1) is 19.0. The number of nitriles is 1. The number of aromatic nitrogens is 3. The molecule has 136 valence electrons. The van der Waals surface area contributed by atoms with Gasteiger partial charge < -0.3 is 10.1 Å². The van der Waals surface area contributed by atoms with E-state index in [1.165, 1.54) is 44.3 Å². The summed E-state index contributed by atoms with van der Waals surface area (Å²) in [6.07, 6.45) is 1.26. The number of hydrogen-bond acceptors (Lipinski definition) is 6. The molecule has 1 amide bonds. The topological polar surface area (TPSA) is 110 Å². The van der Waals surface area contributed by atoms with Crippen molar-refractivity contribution in [2.45, 2.75) is 32.5 Å². The molecule has 1 N–H and O–H groups in total. The van der Waals surface area contributed by atoms with Gasteiger partial charge in [-0.15, -0.1) is 0 Å². The Kier molecular flexibility index (Phi) is 5.61. The van der Waals surface area contributed by atoms with Gasteiger partial charge in [-0.25, -0.2) is 9.67 Å². The zero-order chi connectivity index (χ0) is 19.3. The van der Waals surface area contributed by atoms with Crippen molar-refractivity contribution in [1.82, 2.24) is 20.1 Å². The molecule has 0 radical (unpaired) electrons. The van der Waals surface area contributed by atoms with Crippen LogP contribution in [0.25, 0.3) is 11.3 Å². The molecule has 26 heavy (non-hydrogen) atoms. The van der Waals surface area contributed by atoms with Crippen molar-refractivity contribution in [3.05, 3.63) is 40.8 Å². The number of alkyl halides is 2. The fraction of sp³-hybridized carbons (Fsp3) is 0.312. The predicted octanol–water partition coefficient (Wildman–Crippen LogP) is 1.33. The van der Waals surface area contributed by atoms with E-state index in [-0.39, 0.29) is 12.4 Å². The van der Waals surface area contributed by atoms with Crippen LogP contribution in [-0.2, 0) is 11.3 Å². The molecule has 2 rings (SSSR count). The van der Waals surface area contributed by atoms with Crippen LogP contribution in [0.2, 0.25) is 0 Å². The van der Waals surface area contributed by atoms with Gasteiger partial charge in [0.2, 0.25) is 11.8 Å². The minimum absolute atomic E-state index is 0.254. The number of nitrogens with one attached hydrogen (secondary N) is 1. The van der Waals surface area contributed by atoms with Gasteiger partial charge in [0.25, 0.3) is 5.56 Å². The lowest BCUT2D eigenvalue weighted by molar-refractivity contribution is -0.123. The molecule has 2 aromatic heterocycles. The van der Waals surface area contributed by atoms with Crippen LogP contribution in [0.4, 0.5) is 8.78 Å². The van der Waals surface area contributed by atoms with Gasteiger partial charge in [0.1, 0.15) is 12.1 Å². The summed E-state index contributed by atoms with van der Waals surface area (Å²) in [7, 11) is 0. The number of amides is 1. The van der Waals surface area contributed by atoms with Crippen molar-refractivity contribution in [2.24, 2.45) is 0 Å². The average molecular weight is 363 g/mol. The van der Waals surface area contributed by atoms with Crippen LogP contribution in [0, 0.1) is 11.3 Å². The number of halogens is 2. The highest BCUT2D eigenvalue weighted by molar-refractivity contribution is 5.76. The van der Waals surface area contributed by atoms with Crippen LogP contribution in [0.15, 0.2) is 35.3 Å². The molecular formula is C16H15F2N5O3. The molecule has 2 aromatic rings. The standard InChI is InChI=1S/C16H15F2N5O3/c1-16(2,9-19)21-12(24)8-23-14(25)6-4-11(22-23)10-3-5-13(20-7-10)26-15(17)18/h3-7,15H,8H2,1-2H3,(H,21,24). The van der Waals surface area contributed by atoms with Gasteiger partial charge in [-0.1, -0.05) is 0 Å². The van der Waals surface area contributed by atoms with Crippen LogP contribution in [-0.4, -0.2) is 32.8 Å². The lowest BCUT2D eigenvalue weighted by Gasteiger charge is -2.17. The van der Waals surface area contributed by atoms with E-state index in [9.17, 15) is 18.4 Å². The average Bonchev–Trinajstić information content (AvgIpc) is 2.56. The van der Waals surface area contributed by atoms with Crippen molar-refractivity contribution in [3.63, 3.8) is 0 Å². The third-order valence-electron chi connectivity index (χ3n) is 3.13. The second kappa shape index (κ2) is 7.69. The molecule has 8 nitrogen and oxygen atoms in total. The molecule has 0 unspecified atom stereocenters. The molecule has 0 aliphatic carbocycles. The Balaban J connectivity index is 2.20. The molecular weight excluding hydrogens is 348 g/mol. The van der Waals surface area contributed by atoms with Crippen LogP contribution in [0.5, 0.6) is 5.88 Å². The molecule has 10 heteroatoms. The molecule has 0 saturated heterocycles. The first-order valence-electron chi connectivity index (χ1n) is 7.42. The van der Waals surface area contributed by atoms with Gasteiger partial charge in [-0.05, 0) is 26.0 Å². The summed E-state index contributed by atoms with van der Waals surface area (Å²) < 4.78 is 29.4. The second-order valence-electron chi connectivity index (χ2n) is 5.76. The number of carbonyl (C=O) groups is 1. The highest BCUT2D eigenvalue weighted by atomic mass is 19.3. The van der Waals surface area contributed by atoms with Crippen LogP contribution in [0.3, 0.4) is 0 Å². The summed E-state index contributed by atoms with van der Waals surface area (Å²) in [6, 6.07) is 7.23. The van der Waals surface area contributed by atoms with Crippen LogP contribution >= 0.6 is 0 Å². The first-order chi connectivity index (χ1) is 12.2. The van der Waals surface area contributed by atoms with Gasteiger partial charge in [-0.2, -0.15) is 19.1 Å². The summed E-state index contributed by atoms with van der Waals surface area (Å²) in [5.41, 5.74) is -0.835. The Morgan fingerprint density at radius 3 is 2.69 bits per heavy atom. The maximum Gasteiger partial charge on any atom is 0.388 e. The molecule has 0 aromatic carbocycles. The number of ether oxygens (including phenoxy) is 1. The van der Waals surface area contributed by atoms with E-state index >= 15 is 0 Å². The van der Waals surface area contributed by atoms with E-state index in [4.69, 9.17) is 5.26 Å². The molecule has 0 spiro atoms. The van der Waals surface area contributed by atoms with E-state index in [1.807, 2.05) is 6.07 Å². The highest BCUT2D eigenvalue weighted by Crippen LogP contribution is 2.18. The lowest BCUT2D eigenvalue weighted by atomic mass is 10.1. The van der Waals surface area contributed by atoms with E-state index in [0.717, 1.165) is 4.68 Å². The Hall–Kier alpha value is -3.35. The fourth-order valence-electron chi connectivity index (χ4n) is 1.96. The number of nitrogens with zero attached hydrogens (tertiary/aromatic N) is 4. The van der Waals surface area contributed by atoms with Gasteiger partial charge in [0.15, 0.2) is 0 Å².